The van der Waals surface area contributed by atoms with Crippen molar-refractivity contribution in [1.29, 1.82) is 0 Å². The van der Waals surface area contributed by atoms with Crippen LogP contribution in [0.4, 0.5) is 0 Å². The summed E-state index contributed by atoms with van der Waals surface area (Å²) < 4.78 is 0. The van der Waals surface area contributed by atoms with Gasteiger partial charge in [0, 0.05) is 18.3 Å². The maximum Gasteiger partial charge on any atom is 0.0160 e. The lowest BCUT2D eigenvalue weighted by Crippen LogP contribution is -2.35. The fourth-order valence-electron chi connectivity index (χ4n) is 6.94. The molecule has 2 unspecified atom stereocenters. The SMILES string of the molecule is C=C(CCC#CCC(C1=CCCC=C1)C1CCCCC1)C(C)(c1ccccc1)C1CCCCC1.C=CC. The smallest absolute Gasteiger partial charge is 0.0160 e. The Morgan fingerprint density at radius 2 is 1.62 bits per heavy atom. The summed E-state index contributed by atoms with van der Waals surface area (Å²) in [5.41, 5.74) is 4.49. The molecular weight excluding hydrogens is 444 g/mol. The summed E-state index contributed by atoms with van der Waals surface area (Å²) in [6, 6.07) is 11.2. The molecule has 0 heteroatoms. The van der Waals surface area contributed by atoms with Gasteiger partial charge in [0.2, 0.25) is 0 Å². The minimum Gasteiger partial charge on any atom is -0.103 e. The third-order valence-electron chi connectivity index (χ3n) is 9.20. The van der Waals surface area contributed by atoms with Crippen molar-refractivity contribution >= 4 is 0 Å². The Hall–Kier alpha value is -2.26. The van der Waals surface area contributed by atoms with E-state index in [0.717, 1.165) is 25.2 Å². The fourth-order valence-corrected chi connectivity index (χ4v) is 6.94. The van der Waals surface area contributed by atoms with Crippen LogP contribution >= 0.6 is 0 Å². The first-order valence-corrected chi connectivity index (χ1v) is 15.2. The lowest BCUT2D eigenvalue weighted by atomic mass is 9.62. The number of hydrogen-bond acceptors (Lipinski definition) is 0. The van der Waals surface area contributed by atoms with Crippen molar-refractivity contribution in [3.8, 4) is 11.8 Å². The molecule has 37 heavy (non-hydrogen) atoms. The largest absolute Gasteiger partial charge is 0.103 e. The lowest BCUT2D eigenvalue weighted by Gasteiger charge is -2.42. The van der Waals surface area contributed by atoms with Crippen LogP contribution in [0.2, 0.25) is 0 Å². The van der Waals surface area contributed by atoms with Crippen molar-refractivity contribution in [2.24, 2.45) is 17.8 Å². The van der Waals surface area contributed by atoms with E-state index in [9.17, 15) is 0 Å². The summed E-state index contributed by atoms with van der Waals surface area (Å²) in [4.78, 5) is 0. The van der Waals surface area contributed by atoms with Gasteiger partial charge in [-0.25, -0.2) is 0 Å². The second-order valence-corrected chi connectivity index (χ2v) is 11.7. The zero-order valence-corrected chi connectivity index (χ0v) is 23.9. The van der Waals surface area contributed by atoms with Crippen LogP contribution in [0.5, 0.6) is 0 Å². The van der Waals surface area contributed by atoms with Crippen LogP contribution in [-0.2, 0) is 5.41 Å². The molecule has 0 saturated heterocycles. The van der Waals surface area contributed by atoms with E-state index in [1.807, 2.05) is 6.92 Å². The van der Waals surface area contributed by atoms with E-state index in [4.69, 9.17) is 0 Å². The van der Waals surface area contributed by atoms with Crippen LogP contribution in [0.15, 0.2) is 78.9 Å². The van der Waals surface area contributed by atoms with E-state index in [2.05, 4.69) is 80.5 Å². The molecule has 1 aromatic rings. The Balaban J connectivity index is 0.00000121. The van der Waals surface area contributed by atoms with Crippen LogP contribution in [0.3, 0.4) is 0 Å². The zero-order chi connectivity index (χ0) is 26.3. The molecule has 0 radical (unpaired) electrons. The standard InChI is InChI=1S/C34H46.C3H6/c1-28(34(2,31-23-13-6-14-24-31)32-25-15-7-16-26-32)18-8-3-17-27-33(29-19-9-4-10-20-29)30-21-11-5-12-22-30;1-3-2/h6,9,13-14,19-20,23-24,30,32-33H,1,4-5,7-8,10-12,15-16,18,21-22,25-27H2,2H3;3H,1H2,2H3. The molecule has 0 aromatic heterocycles. The third-order valence-corrected chi connectivity index (χ3v) is 9.20. The van der Waals surface area contributed by atoms with Crippen LogP contribution in [0, 0.1) is 29.6 Å². The molecule has 0 amide bonds. The summed E-state index contributed by atoms with van der Waals surface area (Å²) in [6.07, 6.45) is 28.3. The average Bonchev–Trinajstić information content (AvgIpc) is 2.96. The lowest BCUT2D eigenvalue weighted by molar-refractivity contribution is 0.247. The van der Waals surface area contributed by atoms with Gasteiger partial charge in [-0.05, 0) is 80.8 Å². The maximum absolute atomic E-state index is 4.67. The molecule has 0 N–H and O–H groups in total. The van der Waals surface area contributed by atoms with Crippen molar-refractivity contribution < 1.29 is 0 Å². The molecule has 1 aromatic carbocycles. The summed E-state index contributed by atoms with van der Waals surface area (Å²) in [6.45, 7) is 12.4. The minimum atomic E-state index is 0.0751. The highest BCUT2D eigenvalue weighted by atomic mass is 14.4. The van der Waals surface area contributed by atoms with Crippen LogP contribution in [-0.4, -0.2) is 0 Å². The van der Waals surface area contributed by atoms with E-state index >= 15 is 0 Å². The maximum atomic E-state index is 4.67. The van der Waals surface area contributed by atoms with Crippen LogP contribution in [0.25, 0.3) is 0 Å². The number of benzene rings is 1. The molecule has 0 aliphatic heterocycles. The third kappa shape index (κ3) is 8.37. The van der Waals surface area contributed by atoms with Crippen molar-refractivity contribution in [2.75, 3.05) is 0 Å². The van der Waals surface area contributed by atoms with Crippen LogP contribution < -0.4 is 0 Å². The van der Waals surface area contributed by atoms with E-state index < -0.39 is 0 Å². The van der Waals surface area contributed by atoms with Crippen LogP contribution in [0.1, 0.15) is 116 Å². The summed E-state index contributed by atoms with van der Waals surface area (Å²) in [5.74, 6) is 9.42. The van der Waals surface area contributed by atoms with Gasteiger partial charge in [0.1, 0.15) is 0 Å². The number of hydrogen-bond donors (Lipinski definition) is 0. The van der Waals surface area contributed by atoms with Gasteiger partial charge in [-0.3, -0.25) is 0 Å². The Labute approximate surface area is 229 Å². The molecule has 2 fully saturated rings. The van der Waals surface area contributed by atoms with E-state index in [0.29, 0.717) is 11.8 Å². The zero-order valence-electron chi connectivity index (χ0n) is 23.9. The monoisotopic (exact) mass is 496 g/mol. The fraction of sp³-hybridized carbons (Fsp3) is 0.568. The highest BCUT2D eigenvalue weighted by molar-refractivity contribution is 5.36. The molecular formula is C37H52. The molecule has 0 heterocycles. The van der Waals surface area contributed by atoms with Gasteiger partial charge >= 0.3 is 0 Å². The van der Waals surface area contributed by atoms with Gasteiger partial charge in [0.05, 0.1) is 0 Å². The van der Waals surface area contributed by atoms with E-state index in [1.54, 1.807) is 11.6 Å². The summed E-state index contributed by atoms with van der Waals surface area (Å²) in [5, 5.41) is 0. The van der Waals surface area contributed by atoms with Gasteiger partial charge in [0.25, 0.3) is 0 Å². The van der Waals surface area contributed by atoms with Crippen molar-refractivity contribution in [1.82, 2.24) is 0 Å². The quantitative estimate of drug-likeness (QED) is 0.248. The van der Waals surface area contributed by atoms with E-state index in [1.165, 1.54) is 88.2 Å². The Morgan fingerprint density at radius 3 is 2.24 bits per heavy atom. The van der Waals surface area contributed by atoms with Crippen molar-refractivity contribution in [3.05, 3.63) is 84.5 Å². The first-order chi connectivity index (χ1) is 18.1. The Kier molecular flexibility index (Phi) is 12.6. The van der Waals surface area contributed by atoms with Gasteiger partial charge in [0.15, 0.2) is 0 Å². The Bertz CT molecular complexity index is 937. The van der Waals surface area contributed by atoms with Gasteiger partial charge in [-0.2, -0.15) is 0 Å². The predicted octanol–water partition coefficient (Wildman–Crippen LogP) is 10.9. The first kappa shape index (κ1) is 29.3. The molecule has 0 bridgehead atoms. The molecule has 2 saturated carbocycles. The molecule has 3 aliphatic carbocycles. The van der Waals surface area contributed by atoms with Crippen molar-refractivity contribution in [2.45, 2.75) is 116 Å². The number of allylic oxidation sites excluding steroid dienone is 6. The minimum absolute atomic E-state index is 0.0751. The van der Waals surface area contributed by atoms with E-state index in [-0.39, 0.29) is 5.41 Å². The topological polar surface area (TPSA) is 0 Å². The molecule has 0 nitrogen and oxygen atoms in total. The van der Waals surface area contributed by atoms with Gasteiger partial charge < -0.3 is 0 Å². The highest BCUT2D eigenvalue weighted by Gasteiger charge is 2.38. The normalized spacial score (nSPS) is 20.8. The average molecular weight is 497 g/mol. The molecule has 3 aliphatic rings. The van der Waals surface area contributed by atoms with Crippen molar-refractivity contribution in [3.63, 3.8) is 0 Å². The first-order valence-electron chi connectivity index (χ1n) is 15.2. The summed E-state index contributed by atoms with van der Waals surface area (Å²) >= 11 is 0. The van der Waals surface area contributed by atoms with Gasteiger partial charge in [-0.15, -0.1) is 18.4 Å². The van der Waals surface area contributed by atoms with Gasteiger partial charge in [-0.1, -0.05) is 112 Å². The second-order valence-electron chi connectivity index (χ2n) is 11.7. The Morgan fingerprint density at radius 1 is 0.973 bits per heavy atom. The molecule has 200 valence electrons. The highest BCUT2D eigenvalue weighted by Crippen LogP contribution is 2.46. The second kappa shape index (κ2) is 15.9. The molecule has 4 rings (SSSR count). The predicted molar refractivity (Wildman–Crippen MR) is 164 cm³/mol. The molecule has 2 atom stereocenters. The molecule has 0 spiro atoms. The number of rotatable bonds is 8. The summed E-state index contributed by atoms with van der Waals surface area (Å²) in [7, 11) is 0.